The van der Waals surface area contributed by atoms with Crippen LogP contribution in [0.3, 0.4) is 0 Å². The number of halogens is 1. The summed E-state index contributed by atoms with van der Waals surface area (Å²) in [6.07, 6.45) is 1.38. The molecular weight excluding hydrogens is 357 g/mol. The van der Waals surface area contributed by atoms with Crippen LogP contribution in [-0.2, 0) is 4.79 Å². The van der Waals surface area contributed by atoms with Gasteiger partial charge in [0, 0.05) is 16.9 Å². The quantitative estimate of drug-likeness (QED) is 0.725. The Balaban J connectivity index is 1.79. The van der Waals surface area contributed by atoms with Crippen molar-refractivity contribution >= 4 is 17.5 Å². The highest BCUT2D eigenvalue weighted by Crippen LogP contribution is 2.36. The van der Waals surface area contributed by atoms with Crippen LogP contribution in [-0.4, -0.2) is 20.7 Å². The molecule has 0 fully saturated rings. The summed E-state index contributed by atoms with van der Waals surface area (Å²) < 4.78 is 16.2. The maximum absolute atomic E-state index is 14.6. The molecule has 0 bridgehead atoms. The number of amides is 1. The van der Waals surface area contributed by atoms with Gasteiger partial charge in [0.15, 0.2) is 0 Å². The third kappa shape index (κ3) is 3.05. The zero-order chi connectivity index (χ0) is 19.8. The van der Waals surface area contributed by atoms with E-state index in [-0.39, 0.29) is 5.91 Å². The summed E-state index contributed by atoms with van der Waals surface area (Å²) in [5.41, 5.74) is 4.15. The highest BCUT2D eigenvalue weighted by atomic mass is 19.1. The molecule has 0 spiro atoms. The van der Waals surface area contributed by atoms with Gasteiger partial charge in [-0.25, -0.2) is 9.07 Å². The number of allylic oxidation sites excluding steroid dienone is 1. The predicted octanol–water partition coefficient (Wildman–Crippen LogP) is 3.96. The van der Waals surface area contributed by atoms with E-state index in [0.717, 1.165) is 11.1 Å². The van der Waals surface area contributed by atoms with Gasteiger partial charge in [-0.2, -0.15) is 10.1 Å². The van der Waals surface area contributed by atoms with Gasteiger partial charge in [-0.1, -0.05) is 35.9 Å². The van der Waals surface area contributed by atoms with E-state index in [2.05, 4.69) is 20.7 Å². The first kappa shape index (κ1) is 17.9. The number of aryl methyl sites for hydroxylation is 2. The first-order chi connectivity index (χ1) is 13.5. The van der Waals surface area contributed by atoms with Gasteiger partial charge in [-0.05, 0) is 38.5 Å². The third-order valence-corrected chi connectivity index (χ3v) is 4.87. The van der Waals surface area contributed by atoms with Crippen LogP contribution in [0, 0.1) is 19.7 Å². The molecule has 1 amide bonds. The first-order valence-electron chi connectivity index (χ1n) is 8.96. The van der Waals surface area contributed by atoms with Gasteiger partial charge in [0.25, 0.3) is 5.91 Å². The number of nitrogens with one attached hydrogen (secondary N) is 2. The molecule has 28 heavy (non-hydrogen) atoms. The van der Waals surface area contributed by atoms with E-state index in [1.807, 2.05) is 32.0 Å². The standard InChI is InChI=1S/C21H20FN5O/c1-12-8-9-17(13(2)10-12)26-20(28)18-14(3)25-21-23-11-24-27(21)19(18)15-6-4-5-7-16(15)22/h4-11,19H,1-3H3,(H,26,28)(H,23,24,25)/t19-/m1/s1. The second kappa shape index (κ2) is 6.92. The molecule has 142 valence electrons. The summed E-state index contributed by atoms with van der Waals surface area (Å²) in [6, 6.07) is 11.5. The number of aromatic nitrogens is 3. The lowest BCUT2D eigenvalue weighted by Crippen LogP contribution is -2.32. The Hall–Kier alpha value is -3.48. The lowest BCUT2D eigenvalue weighted by molar-refractivity contribution is -0.113. The number of hydrogen-bond donors (Lipinski definition) is 2. The summed E-state index contributed by atoms with van der Waals surface area (Å²) in [5.74, 6) is -0.249. The van der Waals surface area contributed by atoms with Gasteiger partial charge in [0.1, 0.15) is 18.2 Å². The summed E-state index contributed by atoms with van der Waals surface area (Å²) >= 11 is 0. The highest BCUT2D eigenvalue weighted by molar-refractivity contribution is 6.06. The van der Waals surface area contributed by atoms with Gasteiger partial charge in [-0.15, -0.1) is 0 Å². The van der Waals surface area contributed by atoms with Crippen molar-refractivity contribution in [3.63, 3.8) is 0 Å². The minimum atomic E-state index is -0.717. The van der Waals surface area contributed by atoms with Crippen molar-refractivity contribution in [3.8, 4) is 0 Å². The SMILES string of the molecule is CC1=C(C(=O)Nc2ccc(C)cc2C)[C@@H](c2ccccc2F)n2ncnc2N1. The van der Waals surface area contributed by atoms with E-state index in [4.69, 9.17) is 0 Å². The molecule has 0 radical (unpaired) electrons. The van der Waals surface area contributed by atoms with Crippen molar-refractivity contribution in [2.75, 3.05) is 10.6 Å². The van der Waals surface area contributed by atoms with Crippen molar-refractivity contribution in [3.05, 3.63) is 82.6 Å². The van der Waals surface area contributed by atoms with E-state index < -0.39 is 11.9 Å². The number of carbonyl (C=O) groups is 1. The fourth-order valence-corrected chi connectivity index (χ4v) is 3.51. The van der Waals surface area contributed by atoms with Crippen LogP contribution in [0.1, 0.15) is 29.7 Å². The average Bonchev–Trinajstić information content (AvgIpc) is 3.11. The lowest BCUT2D eigenvalue weighted by atomic mass is 9.94. The monoisotopic (exact) mass is 377 g/mol. The maximum Gasteiger partial charge on any atom is 0.255 e. The molecule has 0 aliphatic carbocycles. The highest BCUT2D eigenvalue weighted by Gasteiger charge is 2.34. The zero-order valence-electron chi connectivity index (χ0n) is 15.8. The Morgan fingerprint density at radius 1 is 1.18 bits per heavy atom. The van der Waals surface area contributed by atoms with Gasteiger partial charge in [-0.3, -0.25) is 4.79 Å². The topological polar surface area (TPSA) is 71.8 Å². The summed E-state index contributed by atoms with van der Waals surface area (Å²) in [6.45, 7) is 5.71. The van der Waals surface area contributed by atoms with Crippen LogP contribution >= 0.6 is 0 Å². The fraction of sp³-hybridized carbons (Fsp3) is 0.190. The fourth-order valence-electron chi connectivity index (χ4n) is 3.51. The van der Waals surface area contributed by atoms with Crippen molar-refractivity contribution in [1.82, 2.24) is 14.8 Å². The van der Waals surface area contributed by atoms with Crippen LogP contribution in [0.15, 0.2) is 60.1 Å². The molecule has 1 atom stereocenters. The van der Waals surface area contributed by atoms with Gasteiger partial charge in [0.2, 0.25) is 5.95 Å². The molecule has 2 heterocycles. The number of hydrogen-bond acceptors (Lipinski definition) is 4. The number of benzene rings is 2. The predicted molar refractivity (Wildman–Crippen MR) is 105 cm³/mol. The van der Waals surface area contributed by atoms with Crippen LogP contribution in [0.25, 0.3) is 0 Å². The van der Waals surface area contributed by atoms with E-state index in [1.54, 1.807) is 25.1 Å². The maximum atomic E-state index is 14.6. The molecule has 1 aromatic heterocycles. The summed E-state index contributed by atoms with van der Waals surface area (Å²) in [4.78, 5) is 17.4. The van der Waals surface area contributed by atoms with Crippen LogP contribution < -0.4 is 10.6 Å². The molecule has 2 aromatic carbocycles. The number of carbonyl (C=O) groups excluding carboxylic acids is 1. The van der Waals surface area contributed by atoms with Gasteiger partial charge < -0.3 is 10.6 Å². The van der Waals surface area contributed by atoms with Gasteiger partial charge >= 0.3 is 0 Å². The molecule has 3 aromatic rings. The normalized spacial score (nSPS) is 15.8. The number of fused-ring (bicyclic) bond motifs is 1. The van der Waals surface area contributed by atoms with Crippen molar-refractivity contribution in [1.29, 1.82) is 0 Å². The summed E-state index contributed by atoms with van der Waals surface area (Å²) in [5, 5.41) is 10.3. The smallest absolute Gasteiger partial charge is 0.255 e. The van der Waals surface area contributed by atoms with E-state index in [9.17, 15) is 9.18 Å². The number of rotatable bonds is 3. The molecule has 0 unspecified atom stereocenters. The minimum absolute atomic E-state index is 0.314. The minimum Gasteiger partial charge on any atom is -0.328 e. The van der Waals surface area contributed by atoms with Crippen LogP contribution in [0.4, 0.5) is 16.0 Å². The van der Waals surface area contributed by atoms with Gasteiger partial charge in [0.05, 0.1) is 5.57 Å². The molecule has 1 aliphatic rings. The number of anilines is 2. The largest absolute Gasteiger partial charge is 0.328 e. The molecule has 4 rings (SSSR count). The molecular formula is C21H20FN5O. The van der Waals surface area contributed by atoms with Crippen LogP contribution in [0.2, 0.25) is 0 Å². The second-order valence-electron chi connectivity index (χ2n) is 6.89. The third-order valence-electron chi connectivity index (χ3n) is 4.87. The Kier molecular flexibility index (Phi) is 4.43. The molecule has 0 saturated carbocycles. The van der Waals surface area contributed by atoms with Crippen molar-refractivity contribution < 1.29 is 9.18 Å². The van der Waals surface area contributed by atoms with Crippen molar-refractivity contribution in [2.45, 2.75) is 26.8 Å². The Labute approximate surface area is 162 Å². The Morgan fingerprint density at radius 2 is 1.96 bits per heavy atom. The molecule has 6 nitrogen and oxygen atoms in total. The number of nitrogens with zero attached hydrogens (tertiary/aromatic N) is 3. The summed E-state index contributed by atoms with van der Waals surface area (Å²) in [7, 11) is 0. The van der Waals surface area contributed by atoms with E-state index in [0.29, 0.717) is 28.5 Å². The second-order valence-corrected chi connectivity index (χ2v) is 6.89. The van der Waals surface area contributed by atoms with E-state index >= 15 is 0 Å². The molecule has 1 aliphatic heterocycles. The first-order valence-corrected chi connectivity index (χ1v) is 8.96. The average molecular weight is 377 g/mol. The molecule has 7 heteroatoms. The van der Waals surface area contributed by atoms with Crippen molar-refractivity contribution in [2.24, 2.45) is 0 Å². The molecule has 2 N–H and O–H groups in total. The Bertz CT molecular complexity index is 1100. The molecule has 0 saturated heterocycles. The Morgan fingerprint density at radius 3 is 2.71 bits per heavy atom. The van der Waals surface area contributed by atoms with Crippen LogP contribution in [0.5, 0.6) is 0 Å². The lowest BCUT2D eigenvalue weighted by Gasteiger charge is -2.29. The van der Waals surface area contributed by atoms with E-state index in [1.165, 1.54) is 17.1 Å². The zero-order valence-corrected chi connectivity index (χ0v) is 15.8.